The zero-order valence-corrected chi connectivity index (χ0v) is 21.8. The van der Waals surface area contributed by atoms with Crippen LogP contribution in [-0.2, 0) is 23.9 Å². The third kappa shape index (κ3) is 7.05. The molecule has 186 valence electrons. The van der Waals surface area contributed by atoms with Crippen LogP contribution in [0.4, 0.5) is 11.4 Å². The van der Waals surface area contributed by atoms with E-state index in [1.54, 1.807) is 36.4 Å². The van der Waals surface area contributed by atoms with Crippen molar-refractivity contribution < 1.29 is 28.7 Å². The van der Waals surface area contributed by atoms with Crippen molar-refractivity contribution in [3.63, 3.8) is 0 Å². The van der Waals surface area contributed by atoms with E-state index in [0.717, 1.165) is 18.4 Å². The quantitative estimate of drug-likeness (QED) is 0.343. The first-order chi connectivity index (χ1) is 16.7. The van der Waals surface area contributed by atoms with E-state index >= 15 is 0 Å². The Labute approximate surface area is 217 Å². The Kier molecular flexibility index (Phi) is 9.28. The molecule has 0 aliphatic carbocycles. The number of carbonyl (C=O) groups is 4. The summed E-state index contributed by atoms with van der Waals surface area (Å²) < 4.78 is 11.0. The Hall–Kier alpha value is -2.91. The molecule has 1 N–H and O–H groups in total. The molecule has 1 atom stereocenters. The number of aryl methyl sites for hydroxylation is 1. The van der Waals surface area contributed by atoms with Gasteiger partial charge >= 0.3 is 11.9 Å². The molecule has 1 heterocycles. The summed E-state index contributed by atoms with van der Waals surface area (Å²) in [4.78, 5) is 50.7. The second kappa shape index (κ2) is 12.2. The number of rotatable bonds is 9. The van der Waals surface area contributed by atoms with Crippen molar-refractivity contribution in [2.24, 2.45) is 5.92 Å². The molecule has 0 spiro atoms. The minimum absolute atomic E-state index is 0.0251. The molecule has 2 amide bonds. The summed E-state index contributed by atoms with van der Waals surface area (Å²) in [5, 5.41) is 3.10. The first kappa shape index (κ1) is 26.7. The minimum Gasteiger partial charge on any atom is -0.462 e. The van der Waals surface area contributed by atoms with Crippen LogP contribution in [0.1, 0.15) is 42.1 Å². The van der Waals surface area contributed by atoms with Crippen LogP contribution < -0.4 is 10.2 Å². The smallest absolute Gasteiger partial charge is 0.338 e. The van der Waals surface area contributed by atoms with Crippen molar-refractivity contribution in [2.45, 2.75) is 33.1 Å². The number of hydrogen-bond acceptors (Lipinski definition) is 6. The number of amides is 2. The van der Waals surface area contributed by atoms with E-state index < -0.39 is 30.4 Å². The maximum absolute atomic E-state index is 12.5. The predicted octanol–water partition coefficient (Wildman–Crippen LogP) is 4.90. The average molecular weight is 566 g/mol. The van der Waals surface area contributed by atoms with Gasteiger partial charge in [-0.1, -0.05) is 24.9 Å². The Morgan fingerprint density at radius 2 is 1.89 bits per heavy atom. The molecule has 35 heavy (non-hydrogen) atoms. The van der Waals surface area contributed by atoms with E-state index in [0.29, 0.717) is 33.0 Å². The molecule has 1 aliphatic heterocycles. The van der Waals surface area contributed by atoms with Gasteiger partial charge in [-0.25, -0.2) is 4.79 Å². The highest BCUT2D eigenvalue weighted by Crippen LogP contribution is 2.29. The SMILES string of the molecule is CCCCOC(=O)c1ccc(N2C[C@@H](C(=O)OCC(=O)Nc3cc(Cl)c(Br)cc3C)CC2=O)cc1. The van der Waals surface area contributed by atoms with E-state index in [4.69, 9.17) is 21.1 Å². The van der Waals surface area contributed by atoms with Crippen LogP contribution in [0.3, 0.4) is 0 Å². The van der Waals surface area contributed by atoms with Gasteiger partial charge < -0.3 is 19.7 Å². The highest BCUT2D eigenvalue weighted by Gasteiger charge is 2.36. The first-order valence-corrected chi connectivity index (χ1v) is 12.4. The van der Waals surface area contributed by atoms with Crippen molar-refractivity contribution in [2.75, 3.05) is 30.0 Å². The number of anilines is 2. The van der Waals surface area contributed by atoms with Crippen LogP contribution in [0.25, 0.3) is 0 Å². The molecule has 0 radical (unpaired) electrons. The Morgan fingerprint density at radius 3 is 2.57 bits per heavy atom. The van der Waals surface area contributed by atoms with Crippen molar-refractivity contribution in [1.82, 2.24) is 0 Å². The summed E-state index contributed by atoms with van der Waals surface area (Å²) in [6.45, 7) is 3.82. The molecule has 10 heteroatoms. The second-order valence-corrected chi connectivity index (χ2v) is 9.44. The van der Waals surface area contributed by atoms with E-state index in [1.807, 2.05) is 13.8 Å². The van der Waals surface area contributed by atoms with E-state index in [1.165, 1.54) is 4.90 Å². The van der Waals surface area contributed by atoms with Gasteiger partial charge in [-0.15, -0.1) is 0 Å². The number of ether oxygens (including phenoxy) is 2. The van der Waals surface area contributed by atoms with Gasteiger partial charge in [0.1, 0.15) is 0 Å². The van der Waals surface area contributed by atoms with Gasteiger partial charge in [0.2, 0.25) is 5.91 Å². The molecule has 1 fully saturated rings. The molecule has 1 aliphatic rings. The lowest BCUT2D eigenvalue weighted by Crippen LogP contribution is -2.28. The highest BCUT2D eigenvalue weighted by atomic mass is 79.9. The summed E-state index contributed by atoms with van der Waals surface area (Å²) in [5.41, 5.74) is 2.26. The van der Waals surface area contributed by atoms with Crippen LogP contribution in [0.2, 0.25) is 5.02 Å². The predicted molar refractivity (Wildman–Crippen MR) is 136 cm³/mol. The van der Waals surface area contributed by atoms with Gasteiger partial charge in [0.25, 0.3) is 5.91 Å². The van der Waals surface area contributed by atoms with Gasteiger partial charge in [0, 0.05) is 28.8 Å². The number of nitrogens with one attached hydrogen (secondary N) is 1. The average Bonchev–Trinajstić information content (AvgIpc) is 3.23. The van der Waals surface area contributed by atoms with E-state index in [2.05, 4.69) is 21.2 Å². The normalized spacial score (nSPS) is 15.1. The summed E-state index contributed by atoms with van der Waals surface area (Å²) in [6.07, 6.45) is 1.70. The van der Waals surface area contributed by atoms with Crippen LogP contribution in [-0.4, -0.2) is 43.5 Å². The summed E-state index contributed by atoms with van der Waals surface area (Å²) in [5.74, 6) is -2.49. The maximum Gasteiger partial charge on any atom is 0.338 e. The third-order valence-electron chi connectivity index (χ3n) is 5.49. The van der Waals surface area contributed by atoms with Crippen LogP contribution in [0.15, 0.2) is 40.9 Å². The fourth-order valence-corrected chi connectivity index (χ4v) is 4.13. The lowest BCUT2D eigenvalue weighted by molar-refractivity contribution is -0.151. The zero-order valence-electron chi connectivity index (χ0n) is 19.4. The molecular formula is C25H26BrClN2O6. The number of hydrogen-bond donors (Lipinski definition) is 1. The van der Waals surface area contributed by atoms with Crippen LogP contribution >= 0.6 is 27.5 Å². The molecule has 2 aromatic carbocycles. The lowest BCUT2D eigenvalue weighted by atomic mass is 10.1. The van der Waals surface area contributed by atoms with Crippen LogP contribution in [0.5, 0.6) is 0 Å². The van der Waals surface area contributed by atoms with Gasteiger partial charge in [-0.05, 0) is 71.2 Å². The van der Waals surface area contributed by atoms with E-state index in [-0.39, 0.29) is 18.9 Å². The molecular weight excluding hydrogens is 540 g/mol. The topological polar surface area (TPSA) is 102 Å². The van der Waals surface area contributed by atoms with Gasteiger partial charge in [0.15, 0.2) is 6.61 Å². The second-order valence-electron chi connectivity index (χ2n) is 8.18. The molecule has 0 unspecified atom stereocenters. The summed E-state index contributed by atoms with van der Waals surface area (Å²) >= 11 is 9.38. The number of esters is 2. The summed E-state index contributed by atoms with van der Waals surface area (Å²) in [7, 11) is 0. The molecule has 8 nitrogen and oxygen atoms in total. The van der Waals surface area contributed by atoms with Crippen LogP contribution in [0, 0.1) is 12.8 Å². The maximum atomic E-state index is 12.5. The Balaban J connectivity index is 1.52. The largest absolute Gasteiger partial charge is 0.462 e. The highest BCUT2D eigenvalue weighted by molar-refractivity contribution is 9.10. The monoisotopic (exact) mass is 564 g/mol. The van der Waals surface area contributed by atoms with Crippen molar-refractivity contribution in [1.29, 1.82) is 0 Å². The molecule has 2 aromatic rings. The fourth-order valence-electron chi connectivity index (χ4n) is 3.51. The molecule has 0 saturated carbocycles. The van der Waals surface area contributed by atoms with E-state index in [9.17, 15) is 19.2 Å². The van der Waals surface area contributed by atoms with Gasteiger partial charge in [0.05, 0.1) is 23.1 Å². The number of nitrogens with zero attached hydrogens (tertiary/aromatic N) is 1. The molecule has 1 saturated heterocycles. The molecule has 3 rings (SSSR count). The minimum atomic E-state index is -0.696. The van der Waals surface area contributed by atoms with Gasteiger partial charge in [-0.2, -0.15) is 0 Å². The standard InChI is InChI=1S/C25H26BrClN2O6/c1-3-4-9-34-24(32)16-5-7-18(8-6-16)29-13-17(11-23(29)31)25(33)35-14-22(30)28-21-12-20(27)19(26)10-15(21)2/h5-8,10,12,17H,3-4,9,11,13-14H2,1-2H3,(H,28,30)/t17-/m0/s1. The van der Waals surface area contributed by atoms with Gasteiger partial charge in [-0.3, -0.25) is 14.4 Å². The third-order valence-corrected chi connectivity index (χ3v) is 6.69. The zero-order chi connectivity index (χ0) is 25.5. The first-order valence-electron chi connectivity index (χ1n) is 11.2. The number of halogens is 2. The lowest BCUT2D eigenvalue weighted by Gasteiger charge is -2.17. The van der Waals surface area contributed by atoms with Crippen molar-refractivity contribution in [3.8, 4) is 0 Å². The summed E-state index contributed by atoms with van der Waals surface area (Å²) in [6, 6.07) is 9.82. The van der Waals surface area contributed by atoms with Crippen molar-refractivity contribution >= 4 is 62.7 Å². The Bertz CT molecular complexity index is 1120. The number of carbonyl (C=O) groups excluding carboxylic acids is 4. The Morgan fingerprint density at radius 1 is 1.17 bits per heavy atom. The molecule has 0 bridgehead atoms. The number of benzene rings is 2. The fraction of sp³-hybridized carbons (Fsp3) is 0.360. The number of unbranched alkanes of at least 4 members (excludes halogenated alkanes) is 1. The van der Waals surface area contributed by atoms with Crippen molar-refractivity contribution in [3.05, 3.63) is 57.0 Å². The molecule has 0 aromatic heterocycles.